The standard InChI is InChI=1S/C21H26N2O6/c1-3-4-5-12-27-17-8-6-16(7-9-17)18(24)10-11-21(26)28-14-20(25)22-19-13-15(2)29-23-19/h6-9,13H,3-5,10-12,14H2,1-2H3,(H,22,23,25). The molecular weight excluding hydrogens is 376 g/mol. The van der Waals surface area contributed by atoms with Crippen molar-refractivity contribution in [3.05, 3.63) is 41.7 Å². The van der Waals surface area contributed by atoms with Gasteiger partial charge in [-0.05, 0) is 37.6 Å². The zero-order valence-corrected chi connectivity index (χ0v) is 16.7. The number of nitrogens with zero attached hydrogens (tertiary/aromatic N) is 1. The summed E-state index contributed by atoms with van der Waals surface area (Å²) < 4.78 is 15.3. The van der Waals surface area contributed by atoms with E-state index in [0.29, 0.717) is 23.7 Å². The molecule has 0 bridgehead atoms. The molecule has 0 aliphatic rings. The normalized spacial score (nSPS) is 10.4. The first kappa shape index (κ1) is 22.1. The number of ketones is 1. The van der Waals surface area contributed by atoms with Gasteiger partial charge >= 0.3 is 5.97 Å². The molecule has 1 amide bonds. The number of aryl methyl sites for hydroxylation is 1. The number of carbonyl (C=O) groups excluding carboxylic acids is 3. The second kappa shape index (κ2) is 11.6. The number of unbranched alkanes of at least 4 members (excludes halogenated alkanes) is 2. The molecule has 0 aliphatic carbocycles. The van der Waals surface area contributed by atoms with Crippen molar-refractivity contribution in [1.29, 1.82) is 0 Å². The summed E-state index contributed by atoms with van der Waals surface area (Å²) in [6, 6.07) is 8.38. The molecule has 1 aromatic carbocycles. The number of esters is 1. The number of Topliss-reactive ketones (excluding diaryl/α,β-unsaturated/α-hetero) is 1. The maximum atomic E-state index is 12.2. The van der Waals surface area contributed by atoms with Crippen molar-refractivity contribution in [2.75, 3.05) is 18.5 Å². The van der Waals surface area contributed by atoms with Crippen molar-refractivity contribution in [1.82, 2.24) is 5.16 Å². The molecule has 1 heterocycles. The van der Waals surface area contributed by atoms with Gasteiger partial charge in [0.15, 0.2) is 18.2 Å². The van der Waals surface area contributed by atoms with Gasteiger partial charge in [-0.3, -0.25) is 14.4 Å². The summed E-state index contributed by atoms with van der Waals surface area (Å²) in [6.07, 6.45) is 3.14. The third kappa shape index (κ3) is 8.16. The average molecular weight is 402 g/mol. The minimum Gasteiger partial charge on any atom is -0.494 e. The predicted molar refractivity (Wildman–Crippen MR) is 106 cm³/mol. The van der Waals surface area contributed by atoms with Crippen LogP contribution in [0.5, 0.6) is 5.75 Å². The molecule has 1 N–H and O–H groups in total. The predicted octanol–water partition coefficient (Wildman–Crippen LogP) is 3.70. The van der Waals surface area contributed by atoms with Gasteiger partial charge in [-0.15, -0.1) is 0 Å². The largest absolute Gasteiger partial charge is 0.494 e. The number of anilines is 1. The first-order valence-electron chi connectivity index (χ1n) is 9.62. The number of nitrogens with one attached hydrogen (secondary N) is 1. The van der Waals surface area contributed by atoms with Crippen molar-refractivity contribution in [3.8, 4) is 5.75 Å². The van der Waals surface area contributed by atoms with Crippen LogP contribution in [0.4, 0.5) is 5.82 Å². The number of amides is 1. The summed E-state index contributed by atoms with van der Waals surface area (Å²) in [5.74, 6) is 0.170. The fourth-order valence-electron chi connectivity index (χ4n) is 2.46. The van der Waals surface area contributed by atoms with Crippen LogP contribution in [-0.4, -0.2) is 36.0 Å². The van der Waals surface area contributed by atoms with Gasteiger partial charge in [0.2, 0.25) is 0 Å². The van der Waals surface area contributed by atoms with Gasteiger partial charge in [-0.2, -0.15) is 0 Å². The number of ether oxygens (including phenoxy) is 2. The molecule has 0 unspecified atom stereocenters. The summed E-state index contributed by atoms with van der Waals surface area (Å²) >= 11 is 0. The van der Waals surface area contributed by atoms with E-state index in [1.807, 2.05) is 0 Å². The number of carbonyl (C=O) groups is 3. The smallest absolute Gasteiger partial charge is 0.306 e. The number of rotatable bonds is 12. The molecule has 156 valence electrons. The zero-order valence-electron chi connectivity index (χ0n) is 16.7. The van der Waals surface area contributed by atoms with Crippen LogP contribution in [0.25, 0.3) is 0 Å². The maximum Gasteiger partial charge on any atom is 0.306 e. The summed E-state index contributed by atoms with van der Waals surface area (Å²) in [6.45, 7) is 4.01. The Morgan fingerprint density at radius 3 is 2.52 bits per heavy atom. The van der Waals surface area contributed by atoms with Gasteiger partial charge in [-0.25, -0.2) is 0 Å². The molecule has 0 atom stereocenters. The van der Waals surface area contributed by atoms with Crippen molar-refractivity contribution in [3.63, 3.8) is 0 Å². The molecule has 2 rings (SSSR count). The summed E-state index contributed by atoms with van der Waals surface area (Å²) in [4.78, 5) is 35.6. The Balaban J connectivity index is 1.67. The van der Waals surface area contributed by atoms with E-state index < -0.39 is 18.5 Å². The van der Waals surface area contributed by atoms with Crippen LogP contribution in [0, 0.1) is 6.92 Å². The third-order valence-electron chi connectivity index (χ3n) is 4.01. The monoisotopic (exact) mass is 402 g/mol. The molecule has 1 aromatic heterocycles. The molecule has 0 radical (unpaired) electrons. The molecule has 8 heteroatoms. The van der Waals surface area contributed by atoms with Gasteiger partial charge in [0.1, 0.15) is 11.5 Å². The van der Waals surface area contributed by atoms with Crippen molar-refractivity contribution < 1.29 is 28.4 Å². The second-order valence-electron chi connectivity index (χ2n) is 6.53. The molecule has 0 saturated heterocycles. The Morgan fingerprint density at radius 2 is 1.86 bits per heavy atom. The SMILES string of the molecule is CCCCCOc1ccc(C(=O)CCC(=O)OCC(=O)Nc2cc(C)on2)cc1. The number of hydrogen-bond donors (Lipinski definition) is 1. The Hall–Kier alpha value is -3.16. The van der Waals surface area contributed by atoms with Gasteiger partial charge in [0.25, 0.3) is 5.91 Å². The third-order valence-corrected chi connectivity index (χ3v) is 4.01. The van der Waals surface area contributed by atoms with Gasteiger partial charge in [-0.1, -0.05) is 24.9 Å². The molecule has 0 fully saturated rings. The highest BCUT2D eigenvalue weighted by Crippen LogP contribution is 2.15. The first-order chi connectivity index (χ1) is 14.0. The lowest BCUT2D eigenvalue weighted by atomic mass is 10.1. The average Bonchev–Trinajstić information content (AvgIpc) is 3.12. The lowest BCUT2D eigenvalue weighted by molar-refractivity contribution is -0.147. The van der Waals surface area contributed by atoms with Crippen LogP contribution < -0.4 is 10.1 Å². The molecule has 29 heavy (non-hydrogen) atoms. The first-order valence-corrected chi connectivity index (χ1v) is 9.62. The highest BCUT2D eigenvalue weighted by atomic mass is 16.5. The zero-order chi connectivity index (χ0) is 21.1. The molecule has 0 aliphatic heterocycles. The van der Waals surface area contributed by atoms with E-state index in [9.17, 15) is 14.4 Å². The second-order valence-corrected chi connectivity index (χ2v) is 6.53. The van der Waals surface area contributed by atoms with E-state index in [-0.39, 0.29) is 24.4 Å². The minimum absolute atomic E-state index is 0.000360. The van der Waals surface area contributed by atoms with Crippen molar-refractivity contribution in [2.45, 2.75) is 46.0 Å². The van der Waals surface area contributed by atoms with Crippen LogP contribution in [-0.2, 0) is 14.3 Å². The molecular formula is C21H26N2O6. The Morgan fingerprint density at radius 1 is 1.10 bits per heavy atom. The lowest BCUT2D eigenvalue weighted by Crippen LogP contribution is -2.21. The van der Waals surface area contributed by atoms with Gasteiger partial charge < -0.3 is 19.3 Å². The van der Waals surface area contributed by atoms with Crippen LogP contribution in [0.3, 0.4) is 0 Å². The van der Waals surface area contributed by atoms with Gasteiger partial charge in [0, 0.05) is 18.1 Å². The van der Waals surface area contributed by atoms with E-state index in [1.54, 1.807) is 37.3 Å². The van der Waals surface area contributed by atoms with Crippen LogP contribution in [0.2, 0.25) is 0 Å². The van der Waals surface area contributed by atoms with Crippen LogP contribution in [0.15, 0.2) is 34.9 Å². The molecule has 0 saturated carbocycles. The number of hydrogen-bond acceptors (Lipinski definition) is 7. The Bertz CT molecular complexity index is 813. The summed E-state index contributed by atoms with van der Waals surface area (Å²) in [5.41, 5.74) is 0.498. The highest BCUT2D eigenvalue weighted by molar-refractivity contribution is 5.98. The van der Waals surface area contributed by atoms with Crippen LogP contribution in [0.1, 0.15) is 55.1 Å². The topological polar surface area (TPSA) is 108 Å². The lowest BCUT2D eigenvalue weighted by Gasteiger charge is -2.07. The summed E-state index contributed by atoms with van der Waals surface area (Å²) in [7, 11) is 0. The quantitative estimate of drug-likeness (QED) is 0.328. The van der Waals surface area contributed by atoms with Gasteiger partial charge in [0.05, 0.1) is 13.0 Å². The van der Waals surface area contributed by atoms with Crippen LogP contribution >= 0.6 is 0 Å². The van der Waals surface area contributed by atoms with E-state index in [4.69, 9.17) is 14.0 Å². The Labute approximate surface area is 169 Å². The highest BCUT2D eigenvalue weighted by Gasteiger charge is 2.13. The summed E-state index contributed by atoms with van der Waals surface area (Å²) in [5, 5.41) is 6.04. The molecule has 8 nitrogen and oxygen atoms in total. The number of benzene rings is 1. The van der Waals surface area contributed by atoms with Crippen molar-refractivity contribution >= 4 is 23.5 Å². The fraction of sp³-hybridized carbons (Fsp3) is 0.429. The maximum absolute atomic E-state index is 12.2. The number of aromatic nitrogens is 1. The van der Waals surface area contributed by atoms with E-state index in [0.717, 1.165) is 19.3 Å². The Kier molecular flexibility index (Phi) is 8.88. The van der Waals surface area contributed by atoms with E-state index in [2.05, 4.69) is 17.4 Å². The van der Waals surface area contributed by atoms with E-state index in [1.165, 1.54) is 0 Å². The minimum atomic E-state index is -0.624. The van der Waals surface area contributed by atoms with E-state index >= 15 is 0 Å². The fourth-order valence-corrected chi connectivity index (χ4v) is 2.46. The molecule has 0 spiro atoms. The van der Waals surface area contributed by atoms with Crippen molar-refractivity contribution in [2.24, 2.45) is 0 Å². The molecule has 2 aromatic rings.